The number of benzene rings is 1. The first-order valence-corrected chi connectivity index (χ1v) is 7.90. The third-order valence-corrected chi connectivity index (χ3v) is 5.41. The monoisotopic (exact) mass is 323 g/mol. The summed E-state index contributed by atoms with van der Waals surface area (Å²) in [5.41, 5.74) is -1.13. The molecule has 1 aliphatic rings. The maximum atomic E-state index is 13.0. The zero-order valence-electron chi connectivity index (χ0n) is 11.4. The molecule has 4 nitrogen and oxygen atoms in total. The number of sulfonamides is 1. The van der Waals surface area contributed by atoms with Crippen molar-refractivity contribution in [3.63, 3.8) is 0 Å². The number of rotatable bonds is 3. The molecule has 0 aliphatic carbocycles. The number of methoxy groups -OCH3 is 1. The first-order valence-electron chi connectivity index (χ1n) is 6.46. The van der Waals surface area contributed by atoms with E-state index in [0.717, 1.165) is 16.4 Å². The highest BCUT2D eigenvalue weighted by Crippen LogP contribution is 2.35. The molecule has 1 saturated heterocycles. The summed E-state index contributed by atoms with van der Waals surface area (Å²) in [5, 5.41) is 0. The van der Waals surface area contributed by atoms with E-state index in [-0.39, 0.29) is 19.2 Å². The molecule has 1 heterocycles. The zero-order chi connectivity index (χ0) is 15.7. The van der Waals surface area contributed by atoms with Gasteiger partial charge in [-0.1, -0.05) is 12.1 Å². The molecular formula is C13H16F3NO3S. The Morgan fingerprint density at radius 3 is 2.57 bits per heavy atom. The maximum absolute atomic E-state index is 13.0. The fourth-order valence-corrected chi connectivity index (χ4v) is 4.10. The third kappa shape index (κ3) is 3.38. The van der Waals surface area contributed by atoms with Gasteiger partial charge in [-0.2, -0.15) is 17.5 Å². The number of alkyl halides is 3. The lowest BCUT2D eigenvalue weighted by molar-refractivity contribution is -0.139. The van der Waals surface area contributed by atoms with E-state index in [4.69, 9.17) is 4.74 Å². The summed E-state index contributed by atoms with van der Waals surface area (Å²) >= 11 is 0. The summed E-state index contributed by atoms with van der Waals surface area (Å²) < 4.78 is 70.1. The van der Waals surface area contributed by atoms with Gasteiger partial charge in [-0.05, 0) is 25.0 Å². The average molecular weight is 323 g/mol. The van der Waals surface area contributed by atoms with Crippen LogP contribution in [0.4, 0.5) is 13.2 Å². The van der Waals surface area contributed by atoms with Crippen molar-refractivity contribution in [1.82, 2.24) is 4.31 Å². The molecular weight excluding hydrogens is 307 g/mol. The van der Waals surface area contributed by atoms with Crippen molar-refractivity contribution in [1.29, 1.82) is 0 Å². The molecule has 1 atom stereocenters. The van der Waals surface area contributed by atoms with E-state index in [0.29, 0.717) is 12.8 Å². The SMILES string of the molecule is COC1CCCN(S(=O)(=O)c2ccccc2C(F)(F)F)C1. The molecule has 8 heteroatoms. The molecule has 1 aromatic carbocycles. The number of hydrogen-bond acceptors (Lipinski definition) is 3. The van der Waals surface area contributed by atoms with Crippen molar-refractivity contribution in [2.45, 2.75) is 30.0 Å². The predicted molar refractivity (Wildman–Crippen MR) is 70.2 cm³/mol. The molecule has 21 heavy (non-hydrogen) atoms. The van der Waals surface area contributed by atoms with Gasteiger partial charge in [-0.15, -0.1) is 0 Å². The zero-order valence-corrected chi connectivity index (χ0v) is 12.2. The molecule has 0 radical (unpaired) electrons. The standard InChI is InChI=1S/C13H16F3NO3S/c1-20-10-5-4-8-17(9-10)21(18,19)12-7-3-2-6-11(12)13(14,15)16/h2-3,6-7,10H,4-5,8-9H2,1H3. The van der Waals surface area contributed by atoms with E-state index in [1.807, 2.05) is 0 Å². The minimum absolute atomic E-state index is 0.0744. The highest BCUT2D eigenvalue weighted by Gasteiger charge is 2.39. The lowest BCUT2D eigenvalue weighted by atomic mass is 10.1. The molecule has 0 saturated carbocycles. The van der Waals surface area contributed by atoms with E-state index in [2.05, 4.69) is 0 Å². The molecule has 0 amide bonds. The van der Waals surface area contributed by atoms with Gasteiger partial charge in [-0.25, -0.2) is 8.42 Å². The molecule has 2 rings (SSSR count). The van der Waals surface area contributed by atoms with Crippen molar-refractivity contribution < 1.29 is 26.3 Å². The number of halogens is 3. The average Bonchev–Trinajstić information content (AvgIpc) is 2.46. The van der Waals surface area contributed by atoms with Gasteiger partial charge in [0.1, 0.15) is 0 Å². The minimum Gasteiger partial charge on any atom is -0.380 e. The van der Waals surface area contributed by atoms with Crippen LogP contribution in [0.25, 0.3) is 0 Å². The maximum Gasteiger partial charge on any atom is 0.417 e. The van der Waals surface area contributed by atoms with Crippen molar-refractivity contribution in [3.05, 3.63) is 29.8 Å². The van der Waals surface area contributed by atoms with Crippen LogP contribution in [0.1, 0.15) is 18.4 Å². The van der Waals surface area contributed by atoms with Gasteiger partial charge >= 0.3 is 6.18 Å². The van der Waals surface area contributed by atoms with Crippen molar-refractivity contribution in [2.75, 3.05) is 20.2 Å². The second-order valence-corrected chi connectivity index (χ2v) is 6.76. The van der Waals surface area contributed by atoms with E-state index < -0.39 is 26.7 Å². The second-order valence-electron chi connectivity index (χ2n) is 4.86. The predicted octanol–water partition coefficient (Wildman–Crippen LogP) is 2.50. The van der Waals surface area contributed by atoms with Crippen LogP contribution in [0.3, 0.4) is 0 Å². The number of ether oxygens (including phenoxy) is 1. The lowest BCUT2D eigenvalue weighted by Crippen LogP contribution is -2.43. The van der Waals surface area contributed by atoms with Gasteiger partial charge in [0.25, 0.3) is 0 Å². The number of piperidine rings is 1. The highest BCUT2D eigenvalue weighted by atomic mass is 32.2. The van der Waals surface area contributed by atoms with Crippen molar-refractivity contribution >= 4 is 10.0 Å². The Morgan fingerprint density at radius 1 is 1.29 bits per heavy atom. The first kappa shape index (κ1) is 16.3. The Morgan fingerprint density at radius 2 is 1.95 bits per heavy atom. The van der Waals surface area contributed by atoms with Crippen LogP contribution < -0.4 is 0 Å². The Kier molecular flexibility index (Phi) is 4.60. The molecule has 1 unspecified atom stereocenters. The lowest BCUT2D eigenvalue weighted by Gasteiger charge is -2.31. The quantitative estimate of drug-likeness (QED) is 0.859. The molecule has 0 spiro atoms. The summed E-state index contributed by atoms with van der Waals surface area (Å²) in [6.07, 6.45) is -3.73. The van der Waals surface area contributed by atoms with Gasteiger partial charge < -0.3 is 4.74 Å². The van der Waals surface area contributed by atoms with Gasteiger partial charge in [0.2, 0.25) is 10.0 Å². The van der Waals surface area contributed by atoms with Crippen LogP contribution >= 0.6 is 0 Å². The molecule has 1 aliphatic heterocycles. The Labute approximate surface area is 121 Å². The fourth-order valence-electron chi connectivity index (χ4n) is 2.38. The van der Waals surface area contributed by atoms with E-state index in [9.17, 15) is 21.6 Å². The summed E-state index contributed by atoms with van der Waals surface area (Å²) in [6.45, 7) is 0.277. The smallest absolute Gasteiger partial charge is 0.380 e. The Bertz CT molecular complexity index is 601. The van der Waals surface area contributed by atoms with Gasteiger partial charge in [0.05, 0.1) is 16.6 Å². The van der Waals surface area contributed by atoms with Crippen LogP contribution in [-0.4, -0.2) is 39.0 Å². The molecule has 0 bridgehead atoms. The van der Waals surface area contributed by atoms with E-state index in [1.165, 1.54) is 19.2 Å². The topological polar surface area (TPSA) is 46.6 Å². The fraction of sp³-hybridized carbons (Fsp3) is 0.538. The summed E-state index contributed by atoms with van der Waals surface area (Å²) in [7, 11) is -2.72. The van der Waals surface area contributed by atoms with Crippen molar-refractivity contribution in [2.24, 2.45) is 0 Å². The van der Waals surface area contributed by atoms with Gasteiger partial charge in [0.15, 0.2) is 0 Å². The molecule has 1 fully saturated rings. The van der Waals surface area contributed by atoms with Crippen LogP contribution in [0, 0.1) is 0 Å². The van der Waals surface area contributed by atoms with Gasteiger partial charge in [-0.3, -0.25) is 0 Å². The van der Waals surface area contributed by atoms with E-state index >= 15 is 0 Å². The Balaban J connectivity index is 2.41. The van der Waals surface area contributed by atoms with Crippen LogP contribution in [0.15, 0.2) is 29.2 Å². The summed E-state index contributed by atoms with van der Waals surface area (Å²) in [6, 6.07) is 4.25. The summed E-state index contributed by atoms with van der Waals surface area (Å²) in [5.74, 6) is 0. The molecule has 118 valence electrons. The number of hydrogen-bond donors (Lipinski definition) is 0. The van der Waals surface area contributed by atoms with Crippen molar-refractivity contribution in [3.8, 4) is 0 Å². The largest absolute Gasteiger partial charge is 0.417 e. The minimum atomic E-state index is -4.71. The molecule has 1 aromatic rings. The third-order valence-electron chi connectivity index (χ3n) is 3.48. The number of nitrogens with zero attached hydrogens (tertiary/aromatic N) is 1. The van der Waals surface area contributed by atoms with Crippen LogP contribution in [0.5, 0.6) is 0 Å². The summed E-state index contributed by atoms with van der Waals surface area (Å²) in [4.78, 5) is -0.700. The van der Waals surface area contributed by atoms with Crippen LogP contribution in [-0.2, 0) is 20.9 Å². The highest BCUT2D eigenvalue weighted by molar-refractivity contribution is 7.89. The Hall–Kier alpha value is -1.12. The van der Waals surface area contributed by atoms with Crippen LogP contribution in [0.2, 0.25) is 0 Å². The van der Waals surface area contributed by atoms with Gasteiger partial charge in [0, 0.05) is 20.2 Å². The molecule has 0 N–H and O–H groups in total. The second kappa shape index (κ2) is 5.94. The normalized spacial score (nSPS) is 21.4. The molecule has 0 aromatic heterocycles. The first-order chi connectivity index (χ1) is 9.76. The van der Waals surface area contributed by atoms with E-state index in [1.54, 1.807) is 0 Å².